The first kappa shape index (κ1) is 27.5. The van der Waals surface area contributed by atoms with Gasteiger partial charge in [0.1, 0.15) is 17.7 Å². The SMILES string of the molecule is CC(N=C(c1ccccc1)c1ccccc1)c1nnc(-c2cc(NC(C)C3CC3C)nc(N(C)S(C)(=O)=O)c2)o1. The van der Waals surface area contributed by atoms with E-state index in [1.165, 1.54) is 7.05 Å². The van der Waals surface area contributed by atoms with Crippen molar-refractivity contribution in [3.05, 3.63) is 89.8 Å². The van der Waals surface area contributed by atoms with Gasteiger partial charge >= 0.3 is 0 Å². The average Bonchev–Trinajstić information content (AvgIpc) is 3.47. The monoisotopic (exact) mass is 558 g/mol. The molecule has 4 atom stereocenters. The molecule has 4 unspecified atom stereocenters. The van der Waals surface area contributed by atoms with E-state index in [2.05, 4.69) is 34.3 Å². The predicted molar refractivity (Wildman–Crippen MR) is 158 cm³/mol. The highest BCUT2D eigenvalue weighted by Crippen LogP contribution is 2.41. The van der Waals surface area contributed by atoms with E-state index >= 15 is 0 Å². The zero-order valence-corrected chi connectivity index (χ0v) is 24.1. The highest BCUT2D eigenvalue weighted by Gasteiger charge is 2.37. The molecule has 0 aliphatic heterocycles. The normalized spacial score (nSPS) is 18.0. The predicted octanol–water partition coefficient (Wildman–Crippen LogP) is 5.58. The van der Waals surface area contributed by atoms with Gasteiger partial charge in [-0.05, 0) is 44.2 Å². The van der Waals surface area contributed by atoms with E-state index in [4.69, 9.17) is 9.41 Å². The molecule has 2 aromatic heterocycles. The molecule has 5 rings (SSSR count). The van der Waals surface area contributed by atoms with Crippen LogP contribution < -0.4 is 9.62 Å². The molecule has 1 fully saturated rings. The van der Waals surface area contributed by atoms with Crippen molar-refractivity contribution in [1.29, 1.82) is 0 Å². The number of hydrogen-bond acceptors (Lipinski definition) is 8. The molecule has 0 amide bonds. The van der Waals surface area contributed by atoms with E-state index < -0.39 is 16.1 Å². The highest BCUT2D eigenvalue weighted by atomic mass is 32.2. The average molecular weight is 559 g/mol. The van der Waals surface area contributed by atoms with E-state index in [-0.39, 0.29) is 17.8 Å². The Morgan fingerprint density at radius 1 is 1.02 bits per heavy atom. The summed E-state index contributed by atoms with van der Waals surface area (Å²) in [5.74, 6) is 2.64. The lowest BCUT2D eigenvalue weighted by atomic mass is 10.0. The van der Waals surface area contributed by atoms with Gasteiger partial charge in [-0.25, -0.2) is 13.4 Å². The van der Waals surface area contributed by atoms with Crippen LogP contribution in [-0.2, 0) is 10.0 Å². The van der Waals surface area contributed by atoms with Crippen molar-refractivity contribution < 1.29 is 12.8 Å². The quantitative estimate of drug-likeness (QED) is 0.253. The fraction of sp³-hybridized carbons (Fsp3) is 0.333. The lowest BCUT2D eigenvalue weighted by Gasteiger charge is -2.19. The summed E-state index contributed by atoms with van der Waals surface area (Å²) in [6.45, 7) is 6.24. The minimum atomic E-state index is -3.53. The molecule has 1 N–H and O–H groups in total. The van der Waals surface area contributed by atoms with Crippen molar-refractivity contribution in [3.63, 3.8) is 0 Å². The highest BCUT2D eigenvalue weighted by molar-refractivity contribution is 7.92. The van der Waals surface area contributed by atoms with Crippen LogP contribution in [0.3, 0.4) is 0 Å². The van der Waals surface area contributed by atoms with Gasteiger partial charge in [0.05, 0.1) is 12.0 Å². The Morgan fingerprint density at radius 2 is 1.62 bits per heavy atom. The number of sulfonamides is 1. The molecule has 1 aliphatic rings. The molecule has 0 spiro atoms. The summed E-state index contributed by atoms with van der Waals surface area (Å²) in [6, 6.07) is 23.2. The van der Waals surface area contributed by atoms with Gasteiger partial charge in [-0.3, -0.25) is 9.30 Å². The largest absolute Gasteiger partial charge is 0.418 e. The topological polar surface area (TPSA) is 114 Å². The van der Waals surface area contributed by atoms with Gasteiger partial charge < -0.3 is 9.73 Å². The molecule has 208 valence electrons. The van der Waals surface area contributed by atoms with Crippen LogP contribution in [0, 0.1) is 11.8 Å². The summed E-state index contributed by atoms with van der Waals surface area (Å²) in [4.78, 5) is 9.54. The first-order valence-electron chi connectivity index (χ1n) is 13.3. The fourth-order valence-corrected chi connectivity index (χ4v) is 5.14. The number of benzene rings is 2. The minimum Gasteiger partial charge on any atom is -0.418 e. The summed E-state index contributed by atoms with van der Waals surface area (Å²) < 4.78 is 31.9. The second-order valence-corrected chi connectivity index (χ2v) is 12.5. The van der Waals surface area contributed by atoms with Crippen LogP contribution >= 0.6 is 0 Å². The summed E-state index contributed by atoms with van der Waals surface area (Å²) in [7, 11) is -2.05. The number of pyridine rings is 1. The van der Waals surface area contributed by atoms with Crippen LogP contribution in [0.5, 0.6) is 0 Å². The Bertz CT molecular complexity index is 1560. The van der Waals surface area contributed by atoms with Crippen molar-refractivity contribution in [2.24, 2.45) is 16.8 Å². The number of anilines is 2. The fourth-order valence-electron chi connectivity index (χ4n) is 4.71. The number of nitrogens with zero attached hydrogens (tertiary/aromatic N) is 5. The molecule has 2 aromatic carbocycles. The first-order chi connectivity index (χ1) is 19.1. The molecule has 2 heterocycles. The van der Waals surface area contributed by atoms with Crippen molar-refractivity contribution in [2.45, 2.75) is 39.3 Å². The van der Waals surface area contributed by atoms with Gasteiger partial charge in [-0.1, -0.05) is 67.6 Å². The summed E-state index contributed by atoms with van der Waals surface area (Å²) in [5.41, 5.74) is 3.36. The molecule has 10 heteroatoms. The Balaban J connectivity index is 1.48. The third-order valence-corrected chi connectivity index (χ3v) is 8.47. The molecular formula is C30H34N6O3S. The zero-order valence-electron chi connectivity index (χ0n) is 23.3. The van der Waals surface area contributed by atoms with Crippen LogP contribution in [0.25, 0.3) is 11.5 Å². The summed E-state index contributed by atoms with van der Waals surface area (Å²) >= 11 is 0. The lowest BCUT2D eigenvalue weighted by Crippen LogP contribution is -2.26. The molecule has 0 saturated heterocycles. The second-order valence-electron chi connectivity index (χ2n) is 10.5. The van der Waals surface area contributed by atoms with E-state index in [1.807, 2.05) is 73.7 Å². The van der Waals surface area contributed by atoms with Crippen LogP contribution in [-0.4, -0.2) is 48.7 Å². The Kier molecular flexibility index (Phi) is 7.71. The standard InChI is InChI=1S/C30H34N6O3S/c1-19-16-25(19)20(2)31-26-17-24(18-27(33-26)36(4)40(5,37)38)30-35-34-29(39-30)21(3)32-28(22-12-8-6-9-13-22)23-14-10-7-11-15-23/h6-15,17-21,25H,16H2,1-5H3,(H,31,33). The molecule has 40 heavy (non-hydrogen) atoms. The smallest absolute Gasteiger partial charge is 0.248 e. The van der Waals surface area contributed by atoms with Gasteiger partial charge in [0.2, 0.25) is 21.8 Å². The second kappa shape index (κ2) is 11.2. The van der Waals surface area contributed by atoms with Crippen LogP contribution in [0.15, 0.2) is 82.2 Å². The Morgan fingerprint density at radius 3 is 2.17 bits per heavy atom. The maximum atomic E-state index is 12.3. The number of aliphatic imine (C=N–C) groups is 1. The van der Waals surface area contributed by atoms with E-state index in [0.717, 1.165) is 33.8 Å². The van der Waals surface area contributed by atoms with Crippen LogP contribution in [0.1, 0.15) is 50.3 Å². The Hall–Kier alpha value is -4.05. The molecule has 1 saturated carbocycles. The minimum absolute atomic E-state index is 0.191. The van der Waals surface area contributed by atoms with Crippen LogP contribution in [0.2, 0.25) is 0 Å². The first-order valence-corrected chi connectivity index (χ1v) is 15.2. The maximum absolute atomic E-state index is 12.3. The summed E-state index contributed by atoms with van der Waals surface area (Å²) in [6.07, 6.45) is 2.30. The summed E-state index contributed by atoms with van der Waals surface area (Å²) in [5, 5.41) is 12.0. The van der Waals surface area contributed by atoms with Crippen molar-refractivity contribution in [3.8, 4) is 11.5 Å². The van der Waals surface area contributed by atoms with Gasteiger partial charge in [-0.2, -0.15) is 0 Å². The molecule has 4 aromatic rings. The zero-order chi connectivity index (χ0) is 28.4. The van der Waals surface area contributed by atoms with Crippen molar-refractivity contribution >= 4 is 27.4 Å². The number of hydrogen-bond donors (Lipinski definition) is 1. The van der Waals surface area contributed by atoms with E-state index in [0.29, 0.717) is 29.1 Å². The van der Waals surface area contributed by atoms with Gasteiger partial charge in [-0.15, -0.1) is 10.2 Å². The van der Waals surface area contributed by atoms with E-state index in [9.17, 15) is 8.42 Å². The van der Waals surface area contributed by atoms with Gasteiger partial charge in [0, 0.05) is 29.8 Å². The van der Waals surface area contributed by atoms with Crippen LogP contribution in [0.4, 0.5) is 11.6 Å². The lowest BCUT2D eigenvalue weighted by molar-refractivity contribution is 0.474. The van der Waals surface area contributed by atoms with Gasteiger partial charge in [0.25, 0.3) is 0 Å². The number of aromatic nitrogens is 3. The molecule has 0 radical (unpaired) electrons. The Labute approximate surface area is 235 Å². The molecule has 1 aliphatic carbocycles. The third-order valence-electron chi connectivity index (χ3n) is 7.28. The third kappa shape index (κ3) is 6.22. The van der Waals surface area contributed by atoms with Gasteiger partial charge in [0.15, 0.2) is 0 Å². The van der Waals surface area contributed by atoms with Crippen molar-refractivity contribution in [2.75, 3.05) is 22.9 Å². The van der Waals surface area contributed by atoms with Crippen molar-refractivity contribution in [1.82, 2.24) is 15.2 Å². The molecular weight excluding hydrogens is 524 g/mol. The molecule has 0 bridgehead atoms. The number of nitrogens with one attached hydrogen (secondary N) is 1. The van der Waals surface area contributed by atoms with E-state index in [1.54, 1.807) is 6.07 Å². The molecule has 9 nitrogen and oxygen atoms in total. The maximum Gasteiger partial charge on any atom is 0.248 e. The number of rotatable bonds is 10.